The van der Waals surface area contributed by atoms with Crippen molar-refractivity contribution in [3.05, 3.63) is 43.8 Å². The molecule has 0 amide bonds. The predicted octanol–water partition coefficient (Wildman–Crippen LogP) is 5.30. The van der Waals surface area contributed by atoms with Gasteiger partial charge in [0, 0.05) is 11.8 Å². The van der Waals surface area contributed by atoms with E-state index in [2.05, 4.69) is 0 Å². The minimum Gasteiger partial charge on any atom is -0.347 e. The summed E-state index contributed by atoms with van der Waals surface area (Å²) < 4.78 is 24.0. The highest BCUT2D eigenvalue weighted by Crippen LogP contribution is 2.41. The molecule has 2 aliphatic carbocycles. The van der Waals surface area contributed by atoms with E-state index in [-0.39, 0.29) is 12.2 Å². The largest absolute Gasteiger partial charge is 0.347 e. The summed E-state index contributed by atoms with van der Waals surface area (Å²) in [5.41, 5.74) is 0. The van der Waals surface area contributed by atoms with Crippen LogP contribution in [0, 0.1) is 11.8 Å². The molecule has 6 atom stereocenters. The molecule has 32 heavy (non-hydrogen) atoms. The molecule has 0 bridgehead atoms. The third-order valence-electron chi connectivity index (χ3n) is 7.07. The minimum absolute atomic E-state index is 0.241. The van der Waals surface area contributed by atoms with Gasteiger partial charge in [-0.2, -0.15) is 0 Å². The fraction of sp³-hybridized carbons (Fsp3) is 0.583. The van der Waals surface area contributed by atoms with E-state index in [1.165, 1.54) is 35.5 Å². The van der Waals surface area contributed by atoms with Crippen molar-refractivity contribution in [1.82, 2.24) is 0 Å². The number of thiophene rings is 2. The first kappa shape index (κ1) is 21.1. The van der Waals surface area contributed by atoms with Gasteiger partial charge in [0.2, 0.25) is 11.6 Å². The van der Waals surface area contributed by atoms with Crippen LogP contribution in [0.15, 0.2) is 24.3 Å². The molecule has 2 saturated carbocycles. The number of fused-ring (bicyclic) bond motifs is 2. The van der Waals surface area contributed by atoms with Crippen molar-refractivity contribution in [2.75, 3.05) is 13.2 Å². The molecule has 0 radical (unpaired) electrons. The Labute approximate surface area is 194 Å². The van der Waals surface area contributed by atoms with Crippen molar-refractivity contribution in [3.8, 4) is 0 Å². The molecule has 4 fully saturated rings. The molecular formula is C24H26O6S2. The Morgan fingerprint density at radius 2 is 1.16 bits per heavy atom. The van der Waals surface area contributed by atoms with Crippen molar-refractivity contribution in [2.24, 2.45) is 11.8 Å². The van der Waals surface area contributed by atoms with Crippen molar-refractivity contribution in [1.29, 1.82) is 0 Å². The van der Waals surface area contributed by atoms with Gasteiger partial charge in [0.05, 0.1) is 44.9 Å². The quantitative estimate of drug-likeness (QED) is 0.432. The van der Waals surface area contributed by atoms with E-state index in [0.29, 0.717) is 34.8 Å². The summed E-state index contributed by atoms with van der Waals surface area (Å²) in [7, 11) is 0. The zero-order valence-electron chi connectivity index (χ0n) is 17.7. The Hall–Kier alpha value is -1.42. The van der Waals surface area contributed by atoms with Gasteiger partial charge in [-0.15, -0.1) is 22.7 Å². The molecule has 6 nitrogen and oxygen atoms in total. The second-order valence-electron chi connectivity index (χ2n) is 9.12. The van der Waals surface area contributed by atoms with Crippen LogP contribution < -0.4 is 0 Å². The summed E-state index contributed by atoms with van der Waals surface area (Å²) in [6, 6.07) is 7.09. The van der Waals surface area contributed by atoms with Crippen molar-refractivity contribution in [3.63, 3.8) is 0 Å². The molecule has 4 heterocycles. The van der Waals surface area contributed by atoms with Crippen LogP contribution in [0.4, 0.5) is 0 Å². The average Bonchev–Trinajstić information content (AvgIpc) is 3.62. The Balaban J connectivity index is 1.12. The first-order valence-corrected chi connectivity index (χ1v) is 13.1. The fourth-order valence-electron chi connectivity index (χ4n) is 5.29. The maximum atomic E-state index is 12.9. The summed E-state index contributed by atoms with van der Waals surface area (Å²) in [6.45, 7) is 1.39. The molecule has 4 aliphatic rings. The zero-order chi connectivity index (χ0) is 21.7. The molecule has 6 unspecified atom stereocenters. The number of Topliss-reactive ketones (excluding diaryl/α,β-unsaturated/α-hetero) is 2. The lowest BCUT2D eigenvalue weighted by Gasteiger charge is -2.32. The molecule has 2 aromatic rings. The monoisotopic (exact) mass is 474 g/mol. The maximum Gasteiger partial charge on any atom is 0.244 e. The molecule has 2 aromatic heterocycles. The standard InChI is InChI=1S/C24H26O6S2/c25-21(17-7-9-19(31-17)23-27-11-13-3-1-5-15(13)29-23)22(26)18-8-10-20(32-18)24-28-12-14-4-2-6-16(14)30-24/h7-10,13-16,23-24H,1-6,11-12H2. The Morgan fingerprint density at radius 3 is 1.62 bits per heavy atom. The van der Waals surface area contributed by atoms with E-state index < -0.39 is 24.1 Å². The van der Waals surface area contributed by atoms with Gasteiger partial charge >= 0.3 is 0 Å². The highest BCUT2D eigenvalue weighted by Gasteiger charge is 2.38. The zero-order valence-corrected chi connectivity index (χ0v) is 19.3. The van der Waals surface area contributed by atoms with Crippen molar-refractivity contribution < 1.29 is 28.5 Å². The maximum absolute atomic E-state index is 12.9. The van der Waals surface area contributed by atoms with Crippen LogP contribution in [0.25, 0.3) is 0 Å². The topological polar surface area (TPSA) is 71.1 Å². The second kappa shape index (κ2) is 8.74. The summed E-state index contributed by atoms with van der Waals surface area (Å²) >= 11 is 2.57. The highest BCUT2D eigenvalue weighted by molar-refractivity contribution is 7.17. The third kappa shape index (κ3) is 3.91. The third-order valence-corrected chi connectivity index (χ3v) is 9.28. The normalized spacial score (nSPS) is 34.2. The summed E-state index contributed by atoms with van der Waals surface area (Å²) in [4.78, 5) is 28.3. The molecule has 170 valence electrons. The predicted molar refractivity (Wildman–Crippen MR) is 119 cm³/mol. The van der Waals surface area contributed by atoms with E-state index >= 15 is 0 Å². The number of ether oxygens (including phenoxy) is 4. The van der Waals surface area contributed by atoms with Crippen LogP contribution in [-0.4, -0.2) is 37.0 Å². The first-order valence-electron chi connectivity index (χ1n) is 11.5. The SMILES string of the molecule is O=C(C(=O)c1ccc(C2OCC3CCCC3O2)s1)c1ccc(C2OCC3CCCC3O2)s1. The highest BCUT2D eigenvalue weighted by atomic mass is 32.1. The van der Waals surface area contributed by atoms with Gasteiger partial charge in [0.15, 0.2) is 12.6 Å². The minimum atomic E-state index is -0.495. The molecule has 6 rings (SSSR count). The Kier molecular flexibility index (Phi) is 5.77. The van der Waals surface area contributed by atoms with E-state index in [4.69, 9.17) is 18.9 Å². The number of carbonyl (C=O) groups excluding carboxylic acids is 2. The van der Waals surface area contributed by atoms with Gasteiger partial charge in [-0.25, -0.2) is 0 Å². The van der Waals surface area contributed by atoms with Crippen LogP contribution in [0.3, 0.4) is 0 Å². The van der Waals surface area contributed by atoms with Crippen molar-refractivity contribution >= 4 is 34.2 Å². The van der Waals surface area contributed by atoms with E-state index in [1.54, 1.807) is 12.1 Å². The number of hydrogen-bond acceptors (Lipinski definition) is 8. The molecule has 0 spiro atoms. The Bertz CT molecular complexity index is 932. The van der Waals surface area contributed by atoms with Gasteiger partial charge < -0.3 is 18.9 Å². The van der Waals surface area contributed by atoms with Crippen LogP contribution in [0.1, 0.15) is 80.2 Å². The van der Waals surface area contributed by atoms with Crippen LogP contribution in [0.2, 0.25) is 0 Å². The van der Waals surface area contributed by atoms with E-state index in [9.17, 15) is 9.59 Å². The van der Waals surface area contributed by atoms with Crippen LogP contribution >= 0.6 is 22.7 Å². The van der Waals surface area contributed by atoms with Gasteiger partial charge in [-0.05, 0) is 49.9 Å². The van der Waals surface area contributed by atoms with Gasteiger partial charge in [0.25, 0.3) is 0 Å². The first-order chi connectivity index (χ1) is 15.7. The smallest absolute Gasteiger partial charge is 0.244 e. The number of rotatable bonds is 5. The summed E-state index contributed by atoms with van der Waals surface area (Å²) in [5.74, 6) is -0.0201. The fourth-order valence-corrected chi connectivity index (χ4v) is 7.15. The number of ketones is 2. The average molecular weight is 475 g/mol. The van der Waals surface area contributed by atoms with Crippen LogP contribution in [-0.2, 0) is 18.9 Å². The molecule has 8 heteroatoms. The lowest BCUT2D eigenvalue weighted by Crippen LogP contribution is -2.32. The lowest BCUT2D eigenvalue weighted by atomic mass is 10.1. The molecule has 2 aliphatic heterocycles. The van der Waals surface area contributed by atoms with E-state index in [0.717, 1.165) is 35.4 Å². The molecule has 0 N–H and O–H groups in total. The summed E-state index contributed by atoms with van der Waals surface area (Å²) in [5, 5.41) is 0. The van der Waals surface area contributed by atoms with Crippen molar-refractivity contribution in [2.45, 2.75) is 63.3 Å². The second-order valence-corrected chi connectivity index (χ2v) is 11.4. The van der Waals surface area contributed by atoms with Crippen LogP contribution in [0.5, 0.6) is 0 Å². The molecular weight excluding hydrogens is 448 g/mol. The molecule has 2 saturated heterocycles. The number of hydrogen-bond donors (Lipinski definition) is 0. The lowest BCUT2D eigenvalue weighted by molar-refractivity contribution is -0.232. The van der Waals surface area contributed by atoms with E-state index in [1.807, 2.05) is 12.1 Å². The summed E-state index contributed by atoms with van der Waals surface area (Å²) in [6.07, 6.45) is 6.39. The molecule has 0 aromatic carbocycles. The number of carbonyl (C=O) groups is 2. The van der Waals surface area contributed by atoms with Gasteiger partial charge in [-0.1, -0.05) is 12.8 Å². The van der Waals surface area contributed by atoms with Gasteiger partial charge in [-0.3, -0.25) is 9.59 Å². The Morgan fingerprint density at radius 1 is 0.688 bits per heavy atom. The van der Waals surface area contributed by atoms with Gasteiger partial charge in [0.1, 0.15) is 0 Å².